The predicted octanol–water partition coefficient (Wildman–Crippen LogP) is 4.08. The maximum absolute atomic E-state index is 14.7. The third-order valence-electron chi connectivity index (χ3n) is 6.69. The molecule has 0 aliphatic carbocycles. The van der Waals surface area contributed by atoms with Gasteiger partial charge in [-0.1, -0.05) is 0 Å². The van der Waals surface area contributed by atoms with Crippen molar-refractivity contribution in [3.8, 4) is 17.2 Å². The molecule has 11 nitrogen and oxygen atoms in total. The van der Waals surface area contributed by atoms with Crippen molar-refractivity contribution < 1.29 is 45.0 Å². The number of hydrogen-bond donors (Lipinski definition) is 1. The van der Waals surface area contributed by atoms with Gasteiger partial charge in [0.25, 0.3) is 5.91 Å². The van der Waals surface area contributed by atoms with Gasteiger partial charge in [-0.05, 0) is 30.3 Å². The lowest BCUT2D eigenvalue weighted by atomic mass is 10.2. The molecule has 1 amide bonds. The first-order chi connectivity index (χ1) is 20.6. The normalized spacial score (nSPS) is 17.3. The summed E-state index contributed by atoms with van der Waals surface area (Å²) in [4.78, 5) is 27.0. The van der Waals surface area contributed by atoms with E-state index in [0.717, 1.165) is 18.3 Å². The second-order valence-electron chi connectivity index (χ2n) is 9.47. The van der Waals surface area contributed by atoms with Gasteiger partial charge in [0.1, 0.15) is 23.1 Å². The summed E-state index contributed by atoms with van der Waals surface area (Å²) in [6.07, 6.45) is 2.24. The summed E-state index contributed by atoms with van der Waals surface area (Å²) < 4.78 is 94.1. The average Bonchev–Trinajstić information content (AvgIpc) is 3.10. The van der Waals surface area contributed by atoms with Gasteiger partial charge in [-0.25, -0.2) is 27.2 Å². The first-order valence-electron chi connectivity index (χ1n) is 12.8. The zero-order chi connectivity index (χ0) is 30.3. The molecule has 3 aromatic heterocycles. The van der Waals surface area contributed by atoms with Gasteiger partial charge in [0.2, 0.25) is 15.3 Å². The minimum atomic E-state index is -4.55. The lowest BCUT2D eigenvalue weighted by molar-refractivity contribution is -0.0501. The molecule has 1 aromatic carbocycles. The van der Waals surface area contributed by atoms with E-state index in [1.54, 1.807) is 29.3 Å². The number of carbonyl (C=O) groups is 1. The third-order valence-corrected chi connectivity index (χ3v) is 8.51. The molecule has 1 N–H and O–H groups in total. The van der Waals surface area contributed by atoms with E-state index >= 15 is 0 Å². The number of anilines is 2. The fraction of sp³-hybridized carbons (Fsp3) is 0.259. The molecule has 5 heterocycles. The first-order valence-corrected chi connectivity index (χ1v) is 14.4. The van der Waals surface area contributed by atoms with Crippen LogP contribution in [0.4, 0.5) is 29.2 Å². The molecule has 0 radical (unpaired) electrons. The number of benzene rings is 1. The smallest absolute Gasteiger partial charge is 0.387 e. The predicted molar refractivity (Wildman–Crippen MR) is 143 cm³/mol. The number of carbonyl (C=O) groups excluding carboxylic acids is 1. The Bertz CT molecular complexity index is 1840. The SMILES string of the molecule is O=C(NCc1cc2nc(N3CCOc4cc(OC(F)F)cnc43)ccc2cn1)c1cc(F)c2c(c1)S(=O)(=O)[C@@H](F)CCO2. The number of amides is 1. The van der Waals surface area contributed by atoms with Gasteiger partial charge in [0.05, 0.1) is 37.1 Å². The lowest BCUT2D eigenvalue weighted by Crippen LogP contribution is -2.30. The highest BCUT2D eigenvalue weighted by Crippen LogP contribution is 2.37. The van der Waals surface area contributed by atoms with Crippen LogP contribution in [0.25, 0.3) is 10.9 Å². The molecular formula is C27H21F4N5O6S. The third kappa shape index (κ3) is 5.57. The van der Waals surface area contributed by atoms with Crippen molar-refractivity contribution in [2.24, 2.45) is 0 Å². The fourth-order valence-corrected chi connectivity index (χ4v) is 6.02. The molecule has 43 heavy (non-hydrogen) atoms. The van der Waals surface area contributed by atoms with E-state index in [0.29, 0.717) is 34.8 Å². The van der Waals surface area contributed by atoms with Gasteiger partial charge in [-0.2, -0.15) is 8.78 Å². The molecule has 4 aromatic rings. The Morgan fingerprint density at radius 2 is 1.95 bits per heavy atom. The summed E-state index contributed by atoms with van der Waals surface area (Å²) in [5.41, 5.74) is -1.73. The summed E-state index contributed by atoms with van der Waals surface area (Å²) in [5, 5.41) is 3.23. The first kappa shape index (κ1) is 28.4. The lowest BCUT2D eigenvalue weighted by Gasteiger charge is -2.29. The Morgan fingerprint density at radius 3 is 2.77 bits per heavy atom. The number of halogens is 4. The zero-order valence-corrected chi connectivity index (χ0v) is 22.8. The highest BCUT2D eigenvalue weighted by molar-refractivity contribution is 7.92. The van der Waals surface area contributed by atoms with Crippen molar-refractivity contribution in [2.45, 2.75) is 30.0 Å². The number of ether oxygens (including phenoxy) is 3. The highest BCUT2D eigenvalue weighted by atomic mass is 32.2. The van der Waals surface area contributed by atoms with Crippen LogP contribution >= 0.6 is 0 Å². The van der Waals surface area contributed by atoms with Crippen LogP contribution in [-0.2, 0) is 16.4 Å². The molecule has 2 aliphatic heterocycles. The second-order valence-corrected chi connectivity index (χ2v) is 11.5. The van der Waals surface area contributed by atoms with E-state index in [1.165, 1.54) is 6.07 Å². The number of fused-ring (bicyclic) bond motifs is 3. The molecular weight excluding hydrogens is 598 g/mol. The molecule has 0 saturated heterocycles. The Hall–Kier alpha value is -4.73. The van der Waals surface area contributed by atoms with Gasteiger partial charge in [-0.15, -0.1) is 0 Å². The summed E-state index contributed by atoms with van der Waals surface area (Å²) >= 11 is 0. The summed E-state index contributed by atoms with van der Waals surface area (Å²) in [6, 6.07) is 8.16. The van der Waals surface area contributed by atoms with Crippen molar-refractivity contribution in [3.63, 3.8) is 0 Å². The monoisotopic (exact) mass is 619 g/mol. The van der Waals surface area contributed by atoms with Gasteiger partial charge < -0.3 is 24.4 Å². The quantitative estimate of drug-likeness (QED) is 0.315. The largest absolute Gasteiger partial charge is 0.489 e. The van der Waals surface area contributed by atoms with Crippen LogP contribution in [0.2, 0.25) is 0 Å². The van der Waals surface area contributed by atoms with E-state index in [1.807, 2.05) is 0 Å². The maximum Gasteiger partial charge on any atom is 0.387 e. The summed E-state index contributed by atoms with van der Waals surface area (Å²) in [6.45, 7) is -2.84. The van der Waals surface area contributed by atoms with Crippen LogP contribution in [0, 0.1) is 5.82 Å². The van der Waals surface area contributed by atoms with Gasteiger partial charge in [0, 0.05) is 29.6 Å². The van der Waals surface area contributed by atoms with E-state index in [-0.39, 0.29) is 36.8 Å². The van der Waals surface area contributed by atoms with Crippen molar-refractivity contribution in [1.29, 1.82) is 0 Å². The topological polar surface area (TPSA) is 133 Å². The number of nitrogens with one attached hydrogen (secondary N) is 1. The fourth-order valence-electron chi connectivity index (χ4n) is 4.64. The number of pyridine rings is 3. The number of sulfone groups is 1. The number of nitrogens with zero attached hydrogens (tertiary/aromatic N) is 4. The average molecular weight is 620 g/mol. The minimum Gasteiger partial charge on any atom is -0.489 e. The number of aromatic nitrogens is 3. The van der Waals surface area contributed by atoms with E-state index in [4.69, 9.17) is 9.47 Å². The van der Waals surface area contributed by atoms with Crippen molar-refractivity contribution in [2.75, 3.05) is 24.7 Å². The van der Waals surface area contributed by atoms with Gasteiger partial charge in [0.15, 0.2) is 23.1 Å². The van der Waals surface area contributed by atoms with Crippen molar-refractivity contribution >= 4 is 38.3 Å². The second kappa shape index (κ2) is 11.2. The molecule has 0 spiro atoms. The zero-order valence-electron chi connectivity index (χ0n) is 22.0. The Morgan fingerprint density at radius 1 is 1.12 bits per heavy atom. The summed E-state index contributed by atoms with van der Waals surface area (Å²) in [5.74, 6) is -1.57. The van der Waals surface area contributed by atoms with Crippen LogP contribution in [0.3, 0.4) is 0 Å². The molecule has 6 rings (SSSR count). The Labute approximate surface area is 241 Å². The number of alkyl halides is 3. The summed E-state index contributed by atoms with van der Waals surface area (Å²) in [7, 11) is -4.55. The Kier molecular flexibility index (Phi) is 7.37. The number of rotatable bonds is 6. The molecule has 0 saturated carbocycles. The minimum absolute atomic E-state index is 0.122. The van der Waals surface area contributed by atoms with E-state index in [2.05, 4.69) is 25.0 Å². The molecule has 224 valence electrons. The van der Waals surface area contributed by atoms with Crippen molar-refractivity contribution in [1.82, 2.24) is 20.3 Å². The molecule has 2 aliphatic rings. The van der Waals surface area contributed by atoms with Crippen LogP contribution in [-0.4, -0.2) is 61.2 Å². The Balaban J connectivity index is 1.22. The maximum atomic E-state index is 14.7. The molecule has 0 fully saturated rings. The van der Waals surface area contributed by atoms with Crippen molar-refractivity contribution in [3.05, 3.63) is 65.9 Å². The number of hydrogen-bond acceptors (Lipinski definition) is 10. The van der Waals surface area contributed by atoms with E-state index in [9.17, 15) is 30.8 Å². The van der Waals surface area contributed by atoms with Gasteiger partial charge >= 0.3 is 6.61 Å². The standard InChI is InChI=1S/C27H21F4N5O6S/c28-18-7-15(8-21-24(18)41-5-3-22(29)43(21,38)39)26(37)34-12-16-9-19-14(11-32-16)1-2-23(35-19)36-4-6-40-20-10-17(42-27(30)31)13-33-25(20)36/h1-2,7-11,13,22,27H,3-6,12H2,(H,34,37)/t22-/m1/s1. The van der Waals surface area contributed by atoms with Gasteiger partial charge in [-0.3, -0.25) is 9.78 Å². The molecule has 1 atom stereocenters. The van der Waals surface area contributed by atoms with Crippen LogP contribution < -0.4 is 24.4 Å². The van der Waals surface area contributed by atoms with Crippen LogP contribution in [0.5, 0.6) is 17.2 Å². The molecule has 0 unspecified atom stereocenters. The molecule has 0 bridgehead atoms. The van der Waals surface area contributed by atoms with E-state index < -0.39 is 50.7 Å². The van der Waals surface area contributed by atoms with Crippen LogP contribution in [0.1, 0.15) is 22.5 Å². The van der Waals surface area contributed by atoms with Crippen LogP contribution in [0.15, 0.2) is 53.7 Å². The molecule has 16 heteroatoms. The highest BCUT2D eigenvalue weighted by Gasteiger charge is 2.35.